The molecule has 0 aliphatic carbocycles. The molecule has 0 bridgehead atoms. The van der Waals surface area contributed by atoms with Crippen molar-refractivity contribution < 1.29 is 8.97 Å². The molecule has 0 amide bonds. The highest BCUT2D eigenvalue weighted by molar-refractivity contribution is 8.94. The summed E-state index contributed by atoms with van der Waals surface area (Å²) < 4.78 is 2.89. The van der Waals surface area contributed by atoms with E-state index in [9.17, 15) is 0 Å². The number of nitrogens with zero attached hydrogens (tertiary/aromatic N) is 2. The second-order valence-electron chi connectivity index (χ2n) is 6.03. The maximum Gasteiger partial charge on any atom is 0.0675 e. The first kappa shape index (κ1) is 24.3. The highest BCUT2D eigenvalue weighted by Crippen LogP contribution is 2.23. The Kier molecular flexibility index (Phi) is 16.2. The second kappa shape index (κ2) is 12.0. The lowest BCUT2D eigenvalue weighted by Crippen LogP contribution is -2.27. The summed E-state index contributed by atoms with van der Waals surface area (Å²) in [5, 5.41) is 0. The van der Waals surface area contributed by atoms with E-state index >= 15 is 0 Å². The van der Waals surface area contributed by atoms with Crippen molar-refractivity contribution in [3.8, 4) is 0 Å². The molecule has 0 atom stereocenters. The van der Waals surface area contributed by atoms with Gasteiger partial charge in [-0.15, -0.1) is 0 Å². The van der Waals surface area contributed by atoms with Crippen LogP contribution in [0.5, 0.6) is 0 Å². The van der Waals surface area contributed by atoms with E-state index in [4.69, 9.17) is 0 Å². The van der Waals surface area contributed by atoms with Gasteiger partial charge >= 0.3 is 0 Å². The molecule has 0 aromatic rings. The predicted octanol–water partition coefficient (Wildman–Crippen LogP) is 2.68. The van der Waals surface area contributed by atoms with E-state index in [2.05, 4.69) is 106 Å². The zero-order chi connectivity index (χ0) is 15.6. The quantitative estimate of drug-likeness (QED) is 0.278. The molecule has 0 rings (SSSR count). The van der Waals surface area contributed by atoms with Gasteiger partial charge in [-0.3, -0.25) is 0 Å². The van der Waals surface area contributed by atoms with Crippen LogP contribution in [0.25, 0.3) is 0 Å². The first-order chi connectivity index (χ1) is 7.63. The lowest BCUT2D eigenvalue weighted by atomic mass is 10.8. The Hall–Kier alpha value is 1.24. The van der Waals surface area contributed by atoms with Crippen molar-refractivity contribution >= 4 is 78.3 Å². The molecular weight excluding hydrogens is 341 g/mol. The third-order valence-corrected chi connectivity index (χ3v) is 4.05. The lowest BCUT2D eigenvalue weighted by Gasteiger charge is -2.14. The summed E-state index contributed by atoms with van der Waals surface area (Å²) in [5.41, 5.74) is 0. The summed E-state index contributed by atoms with van der Waals surface area (Å²) in [6.45, 7) is 0. The van der Waals surface area contributed by atoms with Crippen molar-refractivity contribution in [1.29, 1.82) is 0 Å². The summed E-state index contributed by atoms with van der Waals surface area (Å²) in [5.74, 6) is 0. The van der Waals surface area contributed by atoms with Gasteiger partial charge in [0.1, 0.15) is 0 Å². The van der Waals surface area contributed by atoms with Gasteiger partial charge in [0.05, 0.1) is 56.4 Å². The third kappa shape index (κ3) is 117. The maximum absolute atomic E-state index is 4.56. The maximum atomic E-state index is 4.56. The van der Waals surface area contributed by atoms with Gasteiger partial charge in [0, 0.05) is 0 Å². The Morgan fingerprint density at radius 3 is 0.833 bits per heavy atom. The second-order valence-corrected chi connectivity index (χ2v) is 11.4. The van der Waals surface area contributed by atoms with Gasteiger partial charge < -0.3 is 58.7 Å². The summed E-state index contributed by atoms with van der Waals surface area (Å²) >= 11 is 18.3. The van der Waals surface area contributed by atoms with Gasteiger partial charge in [0.15, 0.2) is 0 Å². The smallest absolute Gasteiger partial charge is 0.0675 e. The molecule has 0 aromatic heterocycles. The summed E-state index contributed by atoms with van der Waals surface area (Å²) in [7, 11) is 19.5. The van der Waals surface area contributed by atoms with Gasteiger partial charge in [0.2, 0.25) is 0 Å². The molecule has 0 radical (unpaired) electrons. The average molecular weight is 365 g/mol. The largest absolute Gasteiger partial charge is 0.421 e. The minimum Gasteiger partial charge on any atom is -0.421 e. The van der Waals surface area contributed by atoms with Crippen molar-refractivity contribution in [2.24, 2.45) is 0 Å². The van der Waals surface area contributed by atoms with Crippen LogP contribution in [0.1, 0.15) is 0 Å². The first-order valence-electron chi connectivity index (χ1n) is 4.97. The van der Waals surface area contributed by atoms with Crippen molar-refractivity contribution in [1.82, 2.24) is 0 Å². The van der Waals surface area contributed by atoms with Crippen LogP contribution in [0.15, 0.2) is 0 Å². The molecule has 110 valence electrons. The Labute approximate surface area is 143 Å². The molecule has 0 spiro atoms. The normalized spacial score (nSPS) is 10.4. The zero-order valence-electron chi connectivity index (χ0n) is 12.3. The summed E-state index contributed by atoms with van der Waals surface area (Å²) in [6, 6.07) is 0. The van der Waals surface area contributed by atoms with Crippen LogP contribution >= 0.6 is 46.0 Å². The van der Waals surface area contributed by atoms with E-state index in [1.807, 2.05) is 0 Å². The molecule has 18 heavy (non-hydrogen) atoms. The standard InChI is InChI=1S/2C4H12N.C2H2S6/c2*1-5(2,3)4;3-1(4)7-8-2(5)6/h2*1-4H3;(H,3,4)(H,5,6)/q2*+1;/p-2. The molecule has 0 aromatic carbocycles. The molecule has 8 heteroatoms. The van der Waals surface area contributed by atoms with Gasteiger partial charge in [-0.1, -0.05) is 28.6 Å². The highest BCUT2D eigenvalue weighted by Gasteiger charge is 1.88. The van der Waals surface area contributed by atoms with Crippen molar-refractivity contribution in [3.63, 3.8) is 0 Å². The predicted molar refractivity (Wildman–Crippen MR) is 103 cm³/mol. The monoisotopic (exact) mass is 364 g/mol. The first-order valence-corrected chi connectivity index (χ1v) is 8.75. The SMILES string of the molecule is C[N+](C)(C)C.C[N+](C)(C)C.S=C([S-])SSC(=S)[S-]. The van der Waals surface area contributed by atoms with Gasteiger partial charge in [0.25, 0.3) is 0 Å². The fraction of sp³-hybridized carbons (Fsp3) is 0.800. The Balaban J connectivity index is -0.000000197. The van der Waals surface area contributed by atoms with Gasteiger partial charge in [-0.2, -0.15) is 0 Å². The topological polar surface area (TPSA) is 0 Å². The number of hydrogen-bond acceptors (Lipinski definition) is 6. The molecule has 0 heterocycles. The molecular formula is C10H24N2S6. The van der Waals surface area contributed by atoms with Crippen LogP contribution < -0.4 is 0 Å². The summed E-state index contributed by atoms with van der Waals surface area (Å²) in [6.07, 6.45) is 0. The van der Waals surface area contributed by atoms with Crippen molar-refractivity contribution in [2.45, 2.75) is 0 Å². The Morgan fingerprint density at radius 1 is 0.667 bits per heavy atom. The van der Waals surface area contributed by atoms with E-state index in [-0.39, 0.29) is 0 Å². The molecule has 0 unspecified atom stereocenters. The van der Waals surface area contributed by atoms with Crippen molar-refractivity contribution in [2.75, 3.05) is 56.4 Å². The van der Waals surface area contributed by atoms with E-state index in [1.54, 1.807) is 0 Å². The molecule has 0 fully saturated rings. The third-order valence-electron chi connectivity index (χ3n) is 0.178. The zero-order valence-corrected chi connectivity index (χ0v) is 17.2. The van der Waals surface area contributed by atoms with Crippen LogP contribution in [-0.4, -0.2) is 72.4 Å². The molecule has 0 saturated carbocycles. The number of hydrogen-bond donors (Lipinski definition) is 0. The number of quaternary nitrogens is 2. The minimum absolute atomic E-state index is 0.446. The van der Waals surface area contributed by atoms with Crippen LogP contribution in [0.4, 0.5) is 0 Å². The van der Waals surface area contributed by atoms with E-state index in [1.165, 1.54) is 21.6 Å². The fourth-order valence-corrected chi connectivity index (χ4v) is 1.84. The van der Waals surface area contributed by atoms with Crippen LogP contribution in [0.2, 0.25) is 0 Å². The van der Waals surface area contributed by atoms with Crippen molar-refractivity contribution in [3.05, 3.63) is 0 Å². The Morgan fingerprint density at radius 2 is 0.778 bits per heavy atom. The molecule has 0 N–H and O–H groups in total. The molecule has 0 aliphatic heterocycles. The minimum atomic E-state index is 0.446. The van der Waals surface area contributed by atoms with Crippen LogP contribution in [0.3, 0.4) is 0 Å². The Bertz CT molecular complexity index is 204. The van der Waals surface area contributed by atoms with E-state index in [0.29, 0.717) is 7.06 Å². The van der Waals surface area contributed by atoms with E-state index < -0.39 is 0 Å². The molecule has 0 aliphatic rings. The molecule has 2 nitrogen and oxygen atoms in total. The van der Waals surface area contributed by atoms with E-state index in [0.717, 1.165) is 8.97 Å². The number of thiocarbonyl (C=S) groups is 2. The van der Waals surface area contributed by atoms with Crippen LogP contribution in [-0.2, 0) is 25.3 Å². The molecule has 0 saturated heterocycles. The van der Waals surface area contributed by atoms with Gasteiger partial charge in [-0.05, 0) is 0 Å². The van der Waals surface area contributed by atoms with Crippen LogP contribution in [0, 0.1) is 0 Å². The summed E-state index contributed by atoms with van der Waals surface area (Å²) in [4.78, 5) is 0. The lowest BCUT2D eigenvalue weighted by molar-refractivity contribution is -0.849. The highest BCUT2D eigenvalue weighted by atomic mass is 33.1. The van der Waals surface area contributed by atoms with Gasteiger partial charge in [-0.25, -0.2) is 0 Å². The number of rotatable bonds is 0. The average Bonchev–Trinajstić information content (AvgIpc) is 1.93. The fourth-order valence-electron chi connectivity index (χ4n) is 0.0680.